The molecule has 9 heteroatoms. The van der Waals surface area contributed by atoms with Crippen LogP contribution >= 0.6 is 0 Å². The molecule has 3 aromatic rings. The highest BCUT2D eigenvalue weighted by Crippen LogP contribution is 2.30. The maximum absolute atomic E-state index is 12.7. The third kappa shape index (κ3) is 3.32. The van der Waals surface area contributed by atoms with Gasteiger partial charge in [0.05, 0.1) is 28.8 Å². The number of nitriles is 1. The topological polar surface area (TPSA) is 128 Å². The Morgan fingerprint density at radius 2 is 2.17 bits per heavy atom. The second kappa shape index (κ2) is 6.90. The summed E-state index contributed by atoms with van der Waals surface area (Å²) in [6.07, 6.45) is 3.43. The van der Waals surface area contributed by atoms with Gasteiger partial charge in [-0.05, 0) is 43.2 Å². The minimum Gasteiger partial charge on any atom is -0.494 e. The lowest BCUT2D eigenvalue weighted by molar-refractivity contribution is 0.379. The summed E-state index contributed by atoms with van der Waals surface area (Å²) in [4.78, 5) is 20.2. The van der Waals surface area contributed by atoms with E-state index in [2.05, 4.69) is 9.98 Å². The molecule has 0 aliphatic carbocycles. The number of nitrogens with zero attached hydrogens (tertiary/aromatic N) is 3. The highest BCUT2D eigenvalue weighted by atomic mass is 32.2. The van der Waals surface area contributed by atoms with Gasteiger partial charge < -0.3 is 10.1 Å². The Balaban J connectivity index is 1.83. The standard InChI is InChI=1S/C20H18N4O4S/c1-12-16(9-21)19(25)24(15-5-7-29(27,28)11-15)20(26)17(12)10-23-14-2-3-18-13(8-14)4-6-22-18/h2-4,6,8,10,15,22,26H,5,7,11H2,1H3/t15-/m1/s1. The fourth-order valence-electron chi connectivity index (χ4n) is 3.67. The van der Waals surface area contributed by atoms with Gasteiger partial charge in [-0.15, -0.1) is 0 Å². The maximum atomic E-state index is 12.7. The monoisotopic (exact) mass is 410 g/mol. The predicted octanol–water partition coefficient (Wildman–Crippen LogP) is 2.33. The number of hydrogen-bond donors (Lipinski definition) is 2. The van der Waals surface area contributed by atoms with E-state index >= 15 is 0 Å². The zero-order chi connectivity index (χ0) is 20.8. The molecule has 1 aromatic carbocycles. The van der Waals surface area contributed by atoms with Crippen LogP contribution in [0.3, 0.4) is 0 Å². The zero-order valence-electron chi connectivity index (χ0n) is 15.6. The number of aromatic nitrogens is 2. The van der Waals surface area contributed by atoms with Gasteiger partial charge in [0.25, 0.3) is 5.56 Å². The van der Waals surface area contributed by atoms with E-state index in [1.54, 1.807) is 13.0 Å². The van der Waals surface area contributed by atoms with Crippen molar-refractivity contribution in [2.45, 2.75) is 19.4 Å². The highest BCUT2D eigenvalue weighted by molar-refractivity contribution is 7.91. The van der Waals surface area contributed by atoms with Crippen LogP contribution in [-0.2, 0) is 9.84 Å². The molecule has 1 saturated heterocycles. The van der Waals surface area contributed by atoms with Crippen LogP contribution in [0.25, 0.3) is 10.9 Å². The Kier molecular flexibility index (Phi) is 4.51. The molecule has 1 aliphatic heterocycles. The average molecular weight is 410 g/mol. The van der Waals surface area contributed by atoms with Crippen molar-refractivity contribution >= 4 is 32.6 Å². The van der Waals surface area contributed by atoms with Crippen LogP contribution < -0.4 is 5.56 Å². The third-order valence-corrected chi connectivity index (χ3v) is 7.00. The van der Waals surface area contributed by atoms with E-state index in [4.69, 9.17) is 0 Å². The number of aromatic amines is 1. The van der Waals surface area contributed by atoms with Crippen LogP contribution in [0.15, 0.2) is 40.2 Å². The molecule has 0 amide bonds. The number of hydrogen-bond acceptors (Lipinski definition) is 6. The number of nitrogens with one attached hydrogen (secondary N) is 1. The Hall–Kier alpha value is -3.38. The van der Waals surface area contributed by atoms with Crippen LogP contribution in [0.2, 0.25) is 0 Å². The van der Waals surface area contributed by atoms with E-state index in [-0.39, 0.29) is 34.9 Å². The van der Waals surface area contributed by atoms with Gasteiger partial charge in [0.1, 0.15) is 11.6 Å². The molecule has 2 N–H and O–H groups in total. The number of rotatable bonds is 3. The van der Waals surface area contributed by atoms with E-state index < -0.39 is 21.4 Å². The quantitative estimate of drug-likeness (QED) is 0.640. The Morgan fingerprint density at radius 3 is 2.86 bits per heavy atom. The summed E-state index contributed by atoms with van der Waals surface area (Å²) < 4.78 is 24.7. The first-order chi connectivity index (χ1) is 13.8. The smallest absolute Gasteiger partial charge is 0.271 e. The molecule has 0 unspecified atom stereocenters. The van der Waals surface area contributed by atoms with Gasteiger partial charge in [-0.2, -0.15) is 5.26 Å². The third-order valence-electron chi connectivity index (χ3n) is 5.25. The van der Waals surface area contributed by atoms with Gasteiger partial charge in [0.15, 0.2) is 9.84 Å². The molecule has 2 aromatic heterocycles. The van der Waals surface area contributed by atoms with E-state index in [1.807, 2.05) is 30.5 Å². The van der Waals surface area contributed by atoms with Gasteiger partial charge in [-0.1, -0.05) is 0 Å². The second-order valence-corrected chi connectivity index (χ2v) is 9.32. The maximum Gasteiger partial charge on any atom is 0.271 e. The number of aromatic hydroxyl groups is 1. The lowest BCUT2D eigenvalue weighted by Gasteiger charge is -2.18. The molecule has 0 spiro atoms. The van der Waals surface area contributed by atoms with Crippen LogP contribution in [-0.4, -0.2) is 40.8 Å². The summed E-state index contributed by atoms with van der Waals surface area (Å²) in [5.74, 6) is -0.672. The van der Waals surface area contributed by atoms with Crippen molar-refractivity contribution < 1.29 is 13.5 Å². The van der Waals surface area contributed by atoms with Crippen molar-refractivity contribution in [3.05, 3.63) is 57.5 Å². The van der Waals surface area contributed by atoms with Crippen LogP contribution in [0.4, 0.5) is 5.69 Å². The van der Waals surface area contributed by atoms with Gasteiger partial charge >= 0.3 is 0 Å². The molecule has 148 valence electrons. The summed E-state index contributed by atoms with van der Waals surface area (Å²) in [7, 11) is -3.28. The van der Waals surface area contributed by atoms with Crippen molar-refractivity contribution in [1.82, 2.24) is 9.55 Å². The fraction of sp³-hybridized carbons (Fsp3) is 0.250. The molecule has 0 saturated carbocycles. The summed E-state index contributed by atoms with van der Waals surface area (Å²) >= 11 is 0. The summed E-state index contributed by atoms with van der Waals surface area (Å²) in [5.41, 5.74) is 1.31. The number of pyridine rings is 1. The molecule has 29 heavy (non-hydrogen) atoms. The van der Waals surface area contributed by atoms with Gasteiger partial charge in [-0.3, -0.25) is 14.4 Å². The van der Waals surface area contributed by atoms with Crippen LogP contribution in [0, 0.1) is 18.3 Å². The summed E-state index contributed by atoms with van der Waals surface area (Å²) in [6.45, 7) is 1.56. The zero-order valence-corrected chi connectivity index (χ0v) is 16.4. The van der Waals surface area contributed by atoms with Crippen LogP contribution in [0.1, 0.15) is 29.2 Å². The molecule has 8 nitrogen and oxygen atoms in total. The molecule has 4 rings (SSSR count). The molecular weight excluding hydrogens is 392 g/mol. The van der Waals surface area contributed by atoms with E-state index in [9.17, 15) is 23.6 Å². The van der Waals surface area contributed by atoms with E-state index in [0.717, 1.165) is 15.5 Å². The minimum absolute atomic E-state index is 0.0561. The first-order valence-electron chi connectivity index (χ1n) is 9.00. The molecule has 1 aliphatic rings. The summed E-state index contributed by atoms with van der Waals surface area (Å²) in [5, 5.41) is 21.2. The molecule has 1 atom stereocenters. The lowest BCUT2D eigenvalue weighted by atomic mass is 10.0. The number of aliphatic imine (C=N–C) groups is 1. The number of fused-ring (bicyclic) bond motifs is 1. The highest BCUT2D eigenvalue weighted by Gasteiger charge is 2.33. The van der Waals surface area contributed by atoms with Gasteiger partial charge in [0, 0.05) is 23.3 Å². The van der Waals surface area contributed by atoms with Gasteiger partial charge in [0.2, 0.25) is 5.88 Å². The van der Waals surface area contributed by atoms with Crippen molar-refractivity contribution in [3.63, 3.8) is 0 Å². The minimum atomic E-state index is -3.28. The normalized spacial score (nSPS) is 18.4. The fourth-order valence-corrected chi connectivity index (χ4v) is 5.37. The average Bonchev–Trinajstić information content (AvgIpc) is 3.27. The molecule has 1 fully saturated rings. The SMILES string of the molecule is Cc1c(C=Nc2ccc3[nH]ccc3c2)c(O)n([C@@H]2CCS(=O)(=O)C2)c(=O)c1C#N. The molecule has 3 heterocycles. The Labute approximate surface area is 166 Å². The van der Waals surface area contributed by atoms with Gasteiger partial charge in [-0.25, -0.2) is 8.42 Å². The summed E-state index contributed by atoms with van der Waals surface area (Å²) in [6, 6.07) is 8.61. The largest absolute Gasteiger partial charge is 0.494 e. The predicted molar refractivity (Wildman–Crippen MR) is 110 cm³/mol. The molecule has 0 bridgehead atoms. The second-order valence-electron chi connectivity index (χ2n) is 7.09. The van der Waals surface area contributed by atoms with Crippen molar-refractivity contribution in [1.29, 1.82) is 5.26 Å². The molecular formula is C20H18N4O4S. The van der Waals surface area contributed by atoms with E-state index in [1.165, 1.54) is 6.21 Å². The van der Waals surface area contributed by atoms with Crippen LogP contribution in [0.5, 0.6) is 5.88 Å². The Bertz CT molecular complexity index is 1360. The number of sulfone groups is 1. The van der Waals surface area contributed by atoms with Crippen molar-refractivity contribution in [2.24, 2.45) is 4.99 Å². The number of H-pyrrole nitrogens is 1. The Morgan fingerprint density at radius 1 is 1.38 bits per heavy atom. The first kappa shape index (κ1) is 19.0. The first-order valence-corrected chi connectivity index (χ1v) is 10.8. The van der Waals surface area contributed by atoms with E-state index in [0.29, 0.717) is 11.3 Å². The molecule has 0 radical (unpaired) electrons. The van der Waals surface area contributed by atoms with Crippen molar-refractivity contribution in [3.8, 4) is 11.9 Å². The van der Waals surface area contributed by atoms with Crippen molar-refractivity contribution in [2.75, 3.05) is 11.5 Å². The lowest BCUT2D eigenvalue weighted by Crippen LogP contribution is -2.29. The number of benzene rings is 1.